The highest BCUT2D eigenvalue weighted by Crippen LogP contribution is 2.33. The first-order valence-corrected chi connectivity index (χ1v) is 13.4. The van der Waals surface area contributed by atoms with E-state index < -0.39 is 18.1 Å². The van der Waals surface area contributed by atoms with E-state index >= 15 is 0 Å². The van der Waals surface area contributed by atoms with Crippen LogP contribution in [0.2, 0.25) is 5.02 Å². The molecule has 0 spiro atoms. The molecule has 3 aromatic rings. The summed E-state index contributed by atoms with van der Waals surface area (Å²) in [4.78, 5) is 54.0. The average Bonchev–Trinajstić information content (AvgIpc) is 3.28. The molecule has 2 aliphatic heterocycles. The molecule has 2 fully saturated rings. The molecule has 2 amide bonds. The van der Waals surface area contributed by atoms with Crippen LogP contribution in [-0.4, -0.2) is 57.2 Å². The van der Waals surface area contributed by atoms with Crippen LogP contribution in [0.15, 0.2) is 58.7 Å². The maximum absolute atomic E-state index is 12.8. The maximum Gasteiger partial charge on any atom is 0.492 e. The molecule has 0 unspecified atom stereocenters. The highest BCUT2D eigenvalue weighted by Gasteiger charge is 2.43. The van der Waals surface area contributed by atoms with Crippen LogP contribution < -0.4 is 10.6 Å². The van der Waals surface area contributed by atoms with Gasteiger partial charge in [0.05, 0.1) is 26.6 Å². The Bertz CT molecular complexity index is 1590. The summed E-state index contributed by atoms with van der Waals surface area (Å²) in [6.07, 6.45) is 0.204. The first-order chi connectivity index (χ1) is 19.5. The van der Waals surface area contributed by atoms with Crippen LogP contribution in [0, 0.1) is 5.92 Å². The molecule has 41 heavy (non-hydrogen) atoms. The van der Waals surface area contributed by atoms with E-state index in [1.165, 1.54) is 0 Å². The molecular formula is C26H20ClF3N6O4S. The van der Waals surface area contributed by atoms with Crippen molar-refractivity contribution in [1.29, 1.82) is 0 Å². The highest BCUT2D eigenvalue weighted by molar-refractivity contribution is 8.18. The second kappa shape index (κ2) is 11.8. The number of nitrogens with zero attached hydrogens (tertiary/aromatic N) is 4. The number of amides is 2. The monoisotopic (exact) mass is 604 g/mol. The van der Waals surface area contributed by atoms with Crippen molar-refractivity contribution in [3.05, 3.63) is 64.3 Å². The number of aromatic nitrogens is 2. The van der Waals surface area contributed by atoms with Crippen molar-refractivity contribution >= 4 is 74.8 Å². The first-order valence-electron chi connectivity index (χ1n) is 12.2. The lowest BCUT2D eigenvalue weighted by Crippen LogP contribution is -2.41. The van der Waals surface area contributed by atoms with E-state index in [9.17, 15) is 27.6 Å². The van der Waals surface area contributed by atoms with Crippen molar-refractivity contribution in [2.75, 3.05) is 18.4 Å². The fourth-order valence-corrected chi connectivity index (χ4v) is 5.10. The van der Waals surface area contributed by atoms with Gasteiger partial charge in [0, 0.05) is 37.1 Å². The molecule has 1 aromatic heterocycles. The summed E-state index contributed by atoms with van der Waals surface area (Å²) in [5.74, 6) is -3.47. The summed E-state index contributed by atoms with van der Waals surface area (Å²) in [5.41, 5.74) is 2.90. The quantitative estimate of drug-likeness (QED) is 0.396. The molecule has 0 atom stereocenters. The number of hydrogen-bond donors (Lipinski definition) is 2. The van der Waals surface area contributed by atoms with Crippen LogP contribution in [-0.2, 0) is 19.2 Å². The number of aliphatic imine (C=N–C) groups is 1. The highest BCUT2D eigenvalue weighted by atomic mass is 35.5. The number of carbonyl (C=O) groups excluding carboxylic acids is 3. The Morgan fingerprint density at radius 1 is 1.12 bits per heavy atom. The lowest BCUT2D eigenvalue weighted by atomic mass is 9.97. The zero-order valence-corrected chi connectivity index (χ0v) is 22.5. The predicted octanol–water partition coefficient (Wildman–Crippen LogP) is 4.85. The topological polar surface area (TPSA) is 126 Å². The summed E-state index contributed by atoms with van der Waals surface area (Å²) in [6, 6.07) is 10.1. The van der Waals surface area contributed by atoms with Crippen molar-refractivity contribution in [1.82, 2.24) is 20.3 Å². The van der Waals surface area contributed by atoms with Crippen LogP contribution in [0.1, 0.15) is 18.4 Å². The van der Waals surface area contributed by atoms with E-state index in [0.717, 1.165) is 27.9 Å². The third-order valence-corrected chi connectivity index (χ3v) is 7.38. The van der Waals surface area contributed by atoms with Crippen molar-refractivity contribution < 1.29 is 32.4 Å². The minimum Gasteiger partial charge on any atom is -0.361 e. The number of hydroxylamine groups is 2. The second-order valence-electron chi connectivity index (χ2n) is 9.02. The smallest absolute Gasteiger partial charge is 0.361 e. The van der Waals surface area contributed by atoms with Gasteiger partial charge in [-0.1, -0.05) is 17.7 Å². The number of alkyl halides is 3. The number of halogens is 4. The number of hydrogen-bond acceptors (Lipinski definition) is 9. The first kappa shape index (κ1) is 28.5. The number of piperidine rings is 1. The van der Waals surface area contributed by atoms with Crippen molar-refractivity contribution in [2.45, 2.75) is 19.0 Å². The molecule has 2 aliphatic rings. The predicted molar refractivity (Wildman–Crippen MR) is 147 cm³/mol. The molecule has 15 heteroatoms. The molecule has 0 aliphatic carbocycles. The summed E-state index contributed by atoms with van der Waals surface area (Å²) in [6.45, 7) is -0.0301. The number of carbonyl (C=O) groups is 3. The van der Waals surface area contributed by atoms with Gasteiger partial charge < -0.3 is 15.5 Å². The third-order valence-electron chi connectivity index (χ3n) is 6.15. The van der Waals surface area contributed by atoms with Gasteiger partial charge in [0.1, 0.15) is 0 Å². The molecule has 5 rings (SSSR count). The van der Waals surface area contributed by atoms with Gasteiger partial charge in [-0.3, -0.25) is 19.6 Å². The third kappa shape index (κ3) is 7.01. The van der Waals surface area contributed by atoms with Gasteiger partial charge in [-0.2, -0.15) is 13.2 Å². The zero-order valence-electron chi connectivity index (χ0n) is 20.9. The van der Waals surface area contributed by atoms with Gasteiger partial charge in [-0.15, -0.1) is 5.06 Å². The Balaban J connectivity index is 1.22. The van der Waals surface area contributed by atoms with Gasteiger partial charge in [0.2, 0.25) is 5.91 Å². The van der Waals surface area contributed by atoms with E-state index in [2.05, 4.69) is 30.4 Å². The lowest BCUT2D eigenvalue weighted by molar-refractivity contribution is -0.242. The zero-order chi connectivity index (χ0) is 29.1. The van der Waals surface area contributed by atoms with Crippen molar-refractivity contribution in [2.24, 2.45) is 10.9 Å². The van der Waals surface area contributed by atoms with E-state index in [-0.39, 0.29) is 42.8 Å². The maximum atomic E-state index is 12.8. The number of nitrogens with one attached hydrogen (secondary N) is 2. The Labute approximate surface area is 240 Å². The Hall–Kier alpha value is -4.01. The van der Waals surface area contributed by atoms with Gasteiger partial charge in [-0.05, 0) is 66.6 Å². The van der Waals surface area contributed by atoms with E-state index in [1.54, 1.807) is 36.7 Å². The normalized spacial score (nSPS) is 18.6. The standard InChI is InChI=1S/C26H20ClF3N6O4S/c27-17-3-2-16(33-22(37)15-5-9-36(10-6-15)40-24(39)26(28,29)30)13-19(17)34-25-35-23(38)21(41-25)12-14-1-4-18-20(11-14)32-8-7-31-18/h1-4,7-8,11-13,15H,5-6,9-10H2,(H,33,37)(H,34,35,38). The largest absolute Gasteiger partial charge is 0.492 e. The average molecular weight is 605 g/mol. The van der Waals surface area contributed by atoms with Gasteiger partial charge in [0.25, 0.3) is 5.91 Å². The van der Waals surface area contributed by atoms with Crippen molar-refractivity contribution in [3.63, 3.8) is 0 Å². The fourth-order valence-electron chi connectivity index (χ4n) is 4.11. The molecule has 2 N–H and O–H groups in total. The van der Waals surface area contributed by atoms with Crippen molar-refractivity contribution in [3.8, 4) is 0 Å². The minimum absolute atomic E-state index is 0.0151. The summed E-state index contributed by atoms with van der Waals surface area (Å²) < 4.78 is 37.2. The molecule has 2 aromatic carbocycles. The lowest BCUT2D eigenvalue weighted by Gasteiger charge is -2.29. The van der Waals surface area contributed by atoms with E-state index in [1.807, 2.05) is 18.2 Å². The number of rotatable bonds is 5. The summed E-state index contributed by atoms with van der Waals surface area (Å²) >= 11 is 7.44. The van der Waals surface area contributed by atoms with E-state index in [4.69, 9.17) is 11.6 Å². The number of amidine groups is 1. The van der Waals surface area contributed by atoms with Gasteiger partial charge in [0.15, 0.2) is 5.17 Å². The SMILES string of the molecule is O=C1NC(=Nc2cc(NC(=O)C3CCN(OC(=O)C(F)(F)F)CC3)ccc2Cl)SC1=Cc1ccc2nccnc2c1. The van der Waals surface area contributed by atoms with Gasteiger partial charge >= 0.3 is 12.1 Å². The van der Waals surface area contributed by atoms with Crippen LogP contribution >= 0.6 is 23.4 Å². The van der Waals surface area contributed by atoms with Crippen LogP contribution in [0.25, 0.3) is 17.1 Å². The number of fused-ring (bicyclic) bond motifs is 1. The molecule has 0 bridgehead atoms. The number of anilines is 1. The molecule has 2 saturated heterocycles. The van der Waals surface area contributed by atoms with E-state index in [0.29, 0.717) is 27.0 Å². The molecule has 0 saturated carbocycles. The Morgan fingerprint density at radius 3 is 2.59 bits per heavy atom. The molecular weight excluding hydrogens is 585 g/mol. The van der Waals surface area contributed by atoms with Crippen LogP contribution in [0.3, 0.4) is 0 Å². The van der Waals surface area contributed by atoms with Crippen LogP contribution in [0.5, 0.6) is 0 Å². The fraction of sp³-hybridized carbons (Fsp3) is 0.231. The molecule has 3 heterocycles. The second-order valence-corrected chi connectivity index (χ2v) is 10.5. The minimum atomic E-state index is -5.09. The number of thioether (sulfide) groups is 1. The summed E-state index contributed by atoms with van der Waals surface area (Å²) in [7, 11) is 0. The van der Waals surface area contributed by atoms with Gasteiger partial charge in [-0.25, -0.2) is 9.79 Å². The molecule has 0 radical (unpaired) electrons. The molecule has 212 valence electrons. The Morgan fingerprint density at radius 2 is 1.85 bits per heavy atom. The van der Waals surface area contributed by atoms with Crippen LogP contribution in [0.4, 0.5) is 24.5 Å². The Kier molecular flexibility index (Phi) is 8.24. The number of benzene rings is 2. The summed E-state index contributed by atoms with van der Waals surface area (Å²) in [5, 5.41) is 6.95. The molecule has 10 nitrogen and oxygen atoms in total.